The molecule has 0 atom stereocenters. The molecule has 1 aromatic carbocycles. The zero-order valence-electron chi connectivity index (χ0n) is 14.1. The van der Waals surface area contributed by atoms with Crippen molar-refractivity contribution in [2.24, 2.45) is 0 Å². The van der Waals surface area contributed by atoms with Crippen LogP contribution in [0.5, 0.6) is 16.7 Å². The number of likely N-dealkylation sites (tertiary alicyclic amines) is 1. The van der Waals surface area contributed by atoms with E-state index >= 15 is 0 Å². The van der Waals surface area contributed by atoms with Crippen molar-refractivity contribution in [1.29, 1.82) is 0 Å². The molecule has 0 bridgehead atoms. The Morgan fingerprint density at radius 1 is 1.00 bits per heavy atom. The highest BCUT2D eigenvalue weighted by Gasteiger charge is 2.10. The standard InChI is InChI=1S/C19H21N3O2S/c1-2-11-22(12-3-1)13-14-23-15-6-8-16(9-7-15)24-19-21-18-17(25-19)5-4-10-20-18/h4-10H,1-3,11-14H2. The van der Waals surface area contributed by atoms with Crippen molar-refractivity contribution < 1.29 is 9.47 Å². The van der Waals surface area contributed by atoms with Gasteiger partial charge in [-0.2, -0.15) is 4.98 Å². The summed E-state index contributed by atoms with van der Waals surface area (Å²) in [6.07, 6.45) is 5.73. The van der Waals surface area contributed by atoms with Gasteiger partial charge in [-0.1, -0.05) is 17.8 Å². The highest BCUT2D eigenvalue weighted by molar-refractivity contribution is 7.20. The number of thiazole rings is 1. The van der Waals surface area contributed by atoms with E-state index in [1.54, 1.807) is 6.20 Å². The summed E-state index contributed by atoms with van der Waals surface area (Å²) < 4.78 is 12.7. The number of pyridine rings is 1. The molecule has 6 heteroatoms. The Hall–Kier alpha value is -2.18. The van der Waals surface area contributed by atoms with Gasteiger partial charge >= 0.3 is 0 Å². The second-order valence-electron chi connectivity index (χ2n) is 6.13. The van der Waals surface area contributed by atoms with Crippen LogP contribution in [0.4, 0.5) is 0 Å². The van der Waals surface area contributed by atoms with Gasteiger partial charge in [0.25, 0.3) is 5.19 Å². The molecule has 1 aliphatic heterocycles. The molecule has 1 saturated heterocycles. The number of benzene rings is 1. The zero-order valence-corrected chi connectivity index (χ0v) is 14.9. The van der Waals surface area contributed by atoms with E-state index in [0.29, 0.717) is 5.19 Å². The van der Waals surface area contributed by atoms with Gasteiger partial charge in [0, 0.05) is 12.7 Å². The molecule has 0 amide bonds. The Morgan fingerprint density at radius 2 is 1.80 bits per heavy atom. The molecule has 0 spiro atoms. The zero-order chi connectivity index (χ0) is 16.9. The number of nitrogens with zero attached hydrogens (tertiary/aromatic N) is 3. The van der Waals surface area contributed by atoms with Crippen molar-refractivity contribution in [2.45, 2.75) is 19.3 Å². The molecule has 130 valence electrons. The molecular formula is C19H21N3O2S. The minimum absolute atomic E-state index is 0.604. The average Bonchev–Trinajstić information content (AvgIpc) is 3.06. The summed E-state index contributed by atoms with van der Waals surface area (Å²) in [4.78, 5) is 11.1. The van der Waals surface area contributed by atoms with Crippen LogP contribution in [0.25, 0.3) is 10.3 Å². The molecular weight excluding hydrogens is 334 g/mol. The second kappa shape index (κ2) is 7.80. The molecule has 0 radical (unpaired) electrons. The second-order valence-corrected chi connectivity index (χ2v) is 7.12. The lowest BCUT2D eigenvalue weighted by Gasteiger charge is -2.26. The first-order chi connectivity index (χ1) is 12.4. The Morgan fingerprint density at radius 3 is 2.60 bits per heavy atom. The smallest absolute Gasteiger partial charge is 0.281 e. The van der Waals surface area contributed by atoms with E-state index in [4.69, 9.17) is 9.47 Å². The maximum atomic E-state index is 5.84. The number of ether oxygens (including phenoxy) is 2. The molecule has 1 fully saturated rings. The van der Waals surface area contributed by atoms with Gasteiger partial charge in [0.2, 0.25) is 0 Å². The SMILES string of the molecule is c1cnc2nc(Oc3ccc(OCCN4CCCCC4)cc3)sc2c1. The fourth-order valence-electron chi connectivity index (χ4n) is 2.97. The molecule has 4 rings (SSSR count). The summed E-state index contributed by atoms with van der Waals surface area (Å²) in [7, 11) is 0. The number of fused-ring (bicyclic) bond motifs is 1. The molecule has 2 aromatic heterocycles. The van der Waals surface area contributed by atoms with Crippen LogP contribution in [0, 0.1) is 0 Å². The van der Waals surface area contributed by atoms with Crippen LogP contribution in [0.1, 0.15) is 19.3 Å². The molecule has 0 saturated carbocycles. The highest BCUT2D eigenvalue weighted by atomic mass is 32.1. The third-order valence-electron chi connectivity index (χ3n) is 4.30. The molecule has 3 heterocycles. The van der Waals surface area contributed by atoms with Crippen LogP contribution in [0.15, 0.2) is 42.6 Å². The minimum Gasteiger partial charge on any atom is -0.492 e. The quantitative estimate of drug-likeness (QED) is 0.658. The van der Waals surface area contributed by atoms with Crippen LogP contribution in [-0.2, 0) is 0 Å². The van der Waals surface area contributed by atoms with Crippen molar-refractivity contribution in [3.8, 4) is 16.7 Å². The summed E-state index contributed by atoms with van der Waals surface area (Å²) in [6, 6.07) is 11.6. The summed E-state index contributed by atoms with van der Waals surface area (Å²) in [5, 5.41) is 0.604. The van der Waals surface area contributed by atoms with Crippen LogP contribution in [0.3, 0.4) is 0 Å². The predicted octanol–water partition coefficient (Wildman–Crippen LogP) is 4.35. The fourth-order valence-corrected chi connectivity index (χ4v) is 3.77. The first kappa shape index (κ1) is 16.3. The lowest BCUT2D eigenvalue weighted by atomic mass is 10.1. The number of aromatic nitrogens is 2. The van der Waals surface area contributed by atoms with E-state index < -0.39 is 0 Å². The van der Waals surface area contributed by atoms with Gasteiger partial charge in [-0.25, -0.2) is 4.98 Å². The Bertz CT molecular complexity index is 780. The predicted molar refractivity (Wildman–Crippen MR) is 99.7 cm³/mol. The van der Waals surface area contributed by atoms with E-state index in [-0.39, 0.29) is 0 Å². The Kier molecular flexibility index (Phi) is 5.09. The van der Waals surface area contributed by atoms with E-state index in [0.717, 1.165) is 35.0 Å². The number of rotatable bonds is 6. The summed E-state index contributed by atoms with van der Waals surface area (Å²) in [6.45, 7) is 4.13. The van der Waals surface area contributed by atoms with E-state index in [1.807, 2.05) is 36.4 Å². The van der Waals surface area contributed by atoms with Crippen molar-refractivity contribution in [1.82, 2.24) is 14.9 Å². The topological polar surface area (TPSA) is 47.5 Å². The summed E-state index contributed by atoms with van der Waals surface area (Å²) >= 11 is 1.49. The van der Waals surface area contributed by atoms with Crippen LogP contribution in [-0.4, -0.2) is 41.1 Å². The first-order valence-corrected chi connectivity index (χ1v) is 9.53. The van der Waals surface area contributed by atoms with Gasteiger partial charge in [-0.3, -0.25) is 4.90 Å². The molecule has 0 N–H and O–H groups in total. The molecule has 5 nitrogen and oxygen atoms in total. The number of piperidine rings is 1. The Labute approximate surface area is 151 Å². The normalized spacial score (nSPS) is 15.4. The van der Waals surface area contributed by atoms with Crippen LogP contribution < -0.4 is 9.47 Å². The van der Waals surface area contributed by atoms with E-state index in [1.165, 1.54) is 43.7 Å². The van der Waals surface area contributed by atoms with Gasteiger partial charge in [0.05, 0.1) is 4.70 Å². The Balaban J connectivity index is 1.30. The van der Waals surface area contributed by atoms with Gasteiger partial charge in [0.1, 0.15) is 18.1 Å². The van der Waals surface area contributed by atoms with Gasteiger partial charge in [-0.15, -0.1) is 0 Å². The molecule has 3 aromatic rings. The minimum atomic E-state index is 0.604. The third-order valence-corrected chi connectivity index (χ3v) is 5.19. The monoisotopic (exact) mass is 355 g/mol. The van der Waals surface area contributed by atoms with Gasteiger partial charge < -0.3 is 9.47 Å². The van der Waals surface area contributed by atoms with Gasteiger partial charge in [0.15, 0.2) is 5.65 Å². The van der Waals surface area contributed by atoms with Crippen LogP contribution >= 0.6 is 11.3 Å². The fraction of sp³-hybridized carbons (Fsp3) is 0.368. The maximum absolute atomic E-state index is 5.84. The first-order valence-electron chi connectivity index (χ1n) is 8.71. The van der Waals surface area contributed by atoms with E-state index in [9.17, 15) is 0 Å². The van der Waals surface area contributed by atoms with Crippen molar-refractivity contribution >= 4 is 21.7 Å². The highest BCUT2D eigenvalue weighted by Crippen LogP contribution is 2.30. The summed E-state index contributed by atoms with van der Waals surface area (Å²) in [5.74, 6) is 1.62. The molecule has 0 unspecified atom stereocenters. The van der Waals surface area contributed by atoms with Gasteiger partial charge in [-0.05, 0) is 62.3 Å². The van der Waals surface area contributed by atoms with Crippen molar-refractivity contribution in [3.63, 3.8) is 0 Å². The third kappa shape index (κ3) is 4.27. The van der Waals surface area contributed by atoms with E-state index in [2.05, 4.69) is 14.9 Å². The average molecular weight is 355 g/mol. The maximum Gasteiger partial charge on any atom is 0.281 e. The van der Waals surface area contributed by atoms with Crippen molar-refractivity contribution in [2.75, 3.05) is 26.2 Å². The lowest BCUT2D eigenvalue weighted by Crippen LogP contribution is -2.33. The number of hydrogen-bond donors (Lipinski definition) is 0. The largest absolute Gasteiger partial charge is 0.492 e. The lowest BCUT2D eigenvalue weighted by molar-refractivity contribution is 0.183. The van der Waals surface area contributed by atoms with Crippen LogP contribution in [0.2, 0.25) is 0 Å². The molecule has 0 aliphatic carbocycles. The van der Waals surface area contributed by atoms with Crippen molar-refractivity contribution in [3.05, 3.63) is 42.6 Å². The molecule has 1 aliphatic rings. The summed E-state index contributed by atoms with van der Waals surface area (Å²) in [5.41, 5.74) is 0.722. The molecule has 25 heavy (non-hydrogen) atoms. The number of hydrogen-bond acceptors (Lipinski definition) is 6.